The molecule has 0 aliphatic rings. The zero-order chi connectivity index (χ0) is 8.10. The smallest absolute Gasteiger partial charge is 0.0658 e. The molecule has 1 aromatic heterocycles. The fourth-order valence-corrected chi connectivity index (χ4v) is 0.921. The summed E-state index contributed by atoms with van der Waals surface area (Å²) in [6.45, 7) is 1.47. The van der Waals surface area contributed by atoms with E-state index in [0.717, 1.165) is 12.1 Å². The van der Waals surface area contributed by atoms with Crippen molar-refractivity contribution in [2.45, 2.75) is 12.4 Å². The molecule has 0 unspecified atom stereocenters. The van der Waals surface area contributed by atoms with Gasteiger partial charge in [-0.1, -0.05) is 0 Å². The highest BCUT2D eigenvalue weighted by Gasteiger charge is 1.95. The third-order valence-corrected chi connectivity index (χ3v) is 1.67. The predicted octanol–water partition coefficient (Wildman–Crippen LogP) is 1.27. The zero-order valence-electron chi connectivity index (χ0n) is 6.46. The Morgan fingerprint density at radius 2 is 2.55 bits per heavy atom. The number of methoxy groups -OCH3 is 1. The molecule has 0 saturated carbocycles. The number of ether oxygens (including phenoxy) is 1. The van der Waals surface area contributed by atoms with Crippen molar-refractivity contribution >= 4 is 11.6 Å². The molecular weight excluding hydrogens is 164 g/mol. The first kappa shape index (κ1) is 8.56. The summed E-state index contributed by atoms with van der Waals surface area (Å²) < 4.78 is 6.72. The zero-order valence-corrected chi connectivity index (χ0v) is 7.21. The maximum atomic E-state index is 5.59. The average Bonchev–Trinajstić information content (AvgIpc) is 2.48. The molecule has 4 heteroatoms. The van der Waals surface area contributed by atoms with Crippen molar-refractivity contribution in [3.8, 4) is 0 Å². The molecule has 0 atom stereocenters. The topological polar surface area (TPSA) is 27.1 Å². The van der Waals surface area contributed by atoms with Crippen LogP contribution in [-0.4, -0.2) is 23.5 Å². The molecule has 0 bridgehead atoms. The first-order chi connectivity index (χ1) is 5.36. The van der Waals surface area contributed by atoms with Crippen molar-refractivity contribution in [1.29, 1.82) is 0 Å². The maximum Gasteiger partial charge on any atom is 0.0658 e. The molecule has 0 aliphatic carbocycles. The summed E-state index contributed by atoms with van der Waals surface area (Å²) in [6.07, 6.45) is 3.69. The van der Waals surface area contributed by atoms with Crippen molar-refractivity contribution in [2.75, 3.05) is 13.7 Å². The summed E-state index contributed by atoms with van der Waals surface area (Å²) in [5.74, 6) is 0.521. The summed E-state index contributed by atoms with van der Waals surface area (Å²) in [4.78, 5) is 0. The summed E-state index contributed by atoms with van der Waals surface area (Å²) in [5, 5.41) is 4.08. The minimum Gasteiger partial charge on any atom is -0.383 e. The van der Waals surface area contributed by atoms with Crippen molar-refractivity contribution < 1.29 is 4.74 Å². The predicted molar refractivity (Wildman–Crippen MR) is 43.7 cm³/mol. The highest BCUT2D eigenvalue weighted by molar-refractivity contribution is 6.17. The normalized spacial score (nSPS) is 10.4. The fourth-order valence-electron chi connectivity index (χ4n) is 0.783. The van der Waals surface area contributed by atoms with Crippen LogP contribution in [0.1, 0.15) is 5.56 Å². The van der Waals surface area contributed by atoms with Gasteiger partial charge < -0.3 is 4.74 Å². The van der Waals surface area contributed by atoms with Gasteiger partial charge in [-0.05, 0) is 0 Å². The number of hydrogen-bond acceptors (Lipinski definition) is 2. The number of aromatic nitrogens is 2. The molecule has 0 N–H and O–H groups in total. The monoisotopic (exact) mass is 174 g/mol. The average molecular weight is 175 g/mol. The minimum absolute atomic E-state index is 0.521. The Morgan fingerprint density at radius 3 is 3.09 bits per heavy atom. The molecule has 0 spiro atoms. The molecule has 0 aromatic carbocycles. The second kappa shape index (κ2) is 4.36. The van der Waals surface area contributed by atoms with E-state index in [1.165, 1.54) is 0 Å². The molecule has 62 valence electrons. The van der Waals surface area contributed by atoms with E-state index in [-0.39, 0.29) is 0 Å². The fraction of sp³-hybridized carbons (Fsp3) is 0.571. The molecule has 0 amide bonds. The lowest BCUT2D eigenvalue weighted by Gasteiger charge is -1.97. The van der Waals surface area contributed by atoms with Crippen molar-refractivity contribution in [3.63, 3.8) is 0 Å². The number of halogens is 1. The molecule has 1 heterocycles. The SMILES string of the molecule is COCCn1cc(CCl)cn1. The van der Waals surface area contributed by atoms with Crippen LogP contribution < -0.4 is 0 Å². The standard InChI is InChI=1S/C7H11ClN2O/c1-11-3-2-10-6-7(4-8)5-9-10/h5-6H,2-4H2,1H3. The lowest BCUT2D eigenvalue weighted by Crippen LogP contribution is -2.03. The second-order valence-electron chi connectivity index (χ2n) is 2.24. The Bertz CT molecular complexity index is 212. The van der Waals surface area contributed by atoms with E-state index in [9.17, 15) is 0 Å². The van der Waals surface area contributed by atoms with E-state index in [1.54, 1.807) is 13.3 Å². The van der Waals surface area contributed by atoms with Crippen LogP contribution in [0.5, 0.6) is 0 Å². The lowest BCUT2D eigenvalue weighted by atomic mass is 10.4. The first-order valence-corrected chi connectivity index (χ1v) is 3.96. The van der Waals surface area contributed by atoms with Gasteiger partial charge in [0.1, 0.15) is 0 Å². The Balaban J connectivity index is 2.44. The van der Waals surface area contributed by atoms with Crippen LogP contribution in [-0.2, 0) is 17.2 Å². The third-order valence-electron chi connectivity index (χ3n) is 1.37. The highest BCUT2D eigenvalue weighted by atomic mass is 35.5. The highest BCUT2D eigenvalue weighted by Crippen LogP contribution is 2.00. The molecule has 1 aromatic rings. The van der Waals surface area contributed by atoms with E-state index >= 15 is 0 Å². The number of rotatable bonds is 4. The van der Waals surface area contributed by atoms with Crippen LogP contribution in [0.15, 0.2) is 12.4 Å². The largest absolute Gasteiger partial charge is 0.383 e. The van der Waals surface area contributed by atoms with Crippen LogP contribution in [0.4, 0.5) is 0 Å². The Hall–Kier alpha value is -0.540. The van der Waals surface area contributed by atoms with E-state index in [2.05, 4.69) is 5.10 Å². The van der Waals surface area contributed by atoms with Gasteiger partial charge in [-0.15, -0.1) is 11.6 Å². The number of hydrogen-bond donors (Lipinski definition) is 0. The van der Waals surface area contributed by atoms with E-state index in [0.29, 0.717) is 12.5 Å². The first-order valence-electron chi connectivity index (χ1n) is 3.43. The van der Waals surface area contributed by atoms with E-state index in [4.69, 9.17) is 16.3 Å². The molecule has 0 aliphatic heterocycles. The quantitative estimate of drug-likeness (QED) is 0.643. The summed E-state index contributed by atoms with van der Waals surface area (Å²) >= 11 is 5.59. The van der Waals surface area contributed by atoms with Gasteiger partial charge in [0.15, 0.2) is 0 Å². The lowest BCUT2D eigenvalue weighted by molar-refractivity contribution is 0.183. The van der Waals surface area contributed by atoms with Gasteiger partial charge in [-0.2, -0.15) is 5.10 Å². The Kier molecular flexibility index (Phi) is 3.39. The molecule has 11 heavy (non-hydrogen) atoms. The van der Waals surface area contributed by atoms with Crippen LogP contribution in [0, 0.1) is 0 Å². The summed E-state index contributed by atoms with van der Waals surface area (Å²) in [7, 11) is 1.67. The van der Waals surface area contributed by atoms with E-state index < -0.39 is 0 Å². The van der Waals surface area contributed by atoms with E-state index in [1.807, 2.05) is 10.9 Å². The molecule has 0 fully saturated rings. The summed E-state index contributed by atoms with van der Waals surface area (Å²) in [5.41, 5.74) is 1.04. The van der Waals surface area contributed by atoms with Crippen LogP contribution in [0.25, 0.3) is 0 Å². The summed E-state index contributed by atoms with van der Waals surface area (Å²) in [6, 6.07) is 0. The van der Waals surface area contributed by atoms with Gasteiger partial charge in [0.05, 0.1) is 25.2 Å². The van der Waals surface area contributed by atoms with Gasteiger partial charge in [0.25, 0.3) is 0 Å². The molecule has 0 saturated heterocycles. The van der Waals surface area contributed by atoms with Crippen molar-refractivity contribution in [2.24, 2.45) is 0 Å². The van der Waals surface area contributed by atoms with Crippen molar-refractivity contribution in [1.82, 2.24) is 9.78 Å². The van der Waals surface area contributed by atoms with Gasteiger partial charge in [0.2, 0.25) is 0 Å². The maximum absolute atomic E-state index is 5.59. The van der Waals surface area contributed by atoms with Gasteiger partial charge >= 0.3 is 0 Å². The Morgan fingerprint density at radius 1 is 1.73 bits per heavy atom. The number of nitrogens with zero attached hydrogens (tertiary/aromatic N) is 2. The van der Waals surface area contributed by atoms with Crippen molar-refractivity contribution in [3.05, 3.63) is 18.0 Å². The molecule has 0 radical (unpaired) electrons. The third kappa shape index (κ3) is 2.52. The molecule has 3 nitrogen and oxygen atoms in total. The molecule has 1 rings (SSSR count). The molecular formula is C7H11ClN2O. The van der Waals surface area contributed by atoms with Gasteiger partial charge in [-0.25, -0.2) is 0 Å². The van der Waals surface area contributed by atoms with Crippen LogP contribution in [0.3, 0.4) is 0 Å². The second-order valence-corrected chi connectivity index (χ2v) is 2.51. The van der Waals surface area contributed by atoms with Crippen LogP contribution in [0.2, 0.25) is 0 Å². The Labute approximate surface area is 70.9 Å². The number of alkyl halides is 1. The van der Waals surface area contributed by atoms with Gasteiger partial charge in [0, 0.05) is 18.9 Å². The minimum atomic E-state index is 0.521. The van der Waals surface area contributed by atoms with Crippen LogP contribution >= 0.6 is 11.6 Å². The van der Waals surface area contributed by atoms with Gasteiger partial charge in [-0.3, -0.25) is 4.68 Å².